The van der Waals surface area contributed by atoms with Gasteiger partial charge < -0.3 is 15.2 Å². The highest BCUT2D eigenvalue weighted by atomic mass is 16.5. The van der Waals surface area contributed by atoms with Crippen molar-refractivity contribution >= 4 is 5.96 Å². The molecular formula is C20H28N4O. The number of aromatic nitrogens is 1. The van der Waals surface area contributed by atoms with Crippen LogP contribution in [0.15, 0.2) is 39.8 Å². The third kappa shape index (κ3) is 4.41. The topological polar surface area (TPSA) is 62.5 Å². The average molecular weight is 340 g/mol. The van der Waals surface area contributed by atoms with Gasteiger partial charge in [0.25, 0.3) is 0 Å². The number of rotatable bonds is 5. The van der Waals surface area contributed by atoms with Crippen molar-refractivity contribution in [3.63, 3.8) is 0 Å². The fourth-order valence-corrected chi connectivity index (χ4v) is 3.36. The van der Waals surface area contributed by atoms with Gasteiger partial charge in [-0.3, -0.25) is 4.99 Å². The van der Waals surface area contributed by atoms with Gasteiger partial charge in [-0.2, -0.15) is 0 Å². The Labute approximate surface area is 149 Å². The van der Waals surface area contributed by atoms with Gasteiger partial charge in [-0.1, -0.05) is 43.3 Å². The monoisotopic (exact) mass is 340 g/mol. The first kappa shape index (κ1) is 17.5. The van der Waals surface area contributed by atoms with Crippen LogP contribution in [0, 0.1) is 0 Å². The fourth-order valence-electron chi connectivity index (χ4n) is 3.36. The minimum absolute atomic E-state index is 0.376. The highest BCUT2D eigenvalue weighted by Crippen LogP contribution is 2.30. The van der Waals surface area contributed by atoms with Crippen molar-refractivity contribution in [2.24, 2.45) is 4.99 Å². The molecule has 0 spiro atoms. The largest absolute Gasteiger partial charge is 0.359 e. The Kier molecular flexibility index (Phi) is 5.74. The minimum Gasteiger partial charge on any atom is -0.359 e. The summed E-state index contributed by atoms with van der Waals surface area (Å²) >= 11 is 0. The van der Waals surface area contributed by atoms with Crippen molar-refractivity contribution in [2.75, 3.05) is 13.6 Å². The molecule has 1 aromatic carbocycles. The summed E-state index contributed by atoms with van der Waals surface area (Å²) in [6.45, 7) is 5.69. The van der Waals surface area contributed by atoms with Crippen molar-refractivity contribution in [3.05, 3.63) is 52.9 Å². The van der Waals surface area contributed by atoms with E-state index in [2.05, 4.69) is 58.9 Å². The molecule has 0 saturated carbocycles. The normalized spacial score (nSPS) is 17.4. The molecular weight excluding hydrogens is 312 g/mol. The molecule has 1 aliphatic carbocycles. The summed E-state index contributed by atoms with van der Waals surface area (Å²) in [7, 11) is 1.80. The zero-order chi connectivity index (χ0) is 17.6. The summed E-state index contributed by atoms with van der Waals surface area (Å²) in [6.07, 6.45) is 3.68. The lowest BCUT2D eigenvalue weighted by Gasteiger charge is -2.26. The lowest BCUT2D eigenvalue weighted by molar-refractivity contribution is 0.372. The van der Waals surface area contributed by atoms with Crippen LogP contribution in [0.25, 0.3) is 0 Å². The van der Waals surface area contributed by atoms with Crippen LogP contribution in [0.5, 0.6) is 0 Å². The molecule has 25 heavy (non-hydrogen) atoms. The van der Waals surface area contributed by atoms with Crippen LogP contribution in [-0.4, -0.2) is 24.7 Å². The van der Waals surface area contributed by atoms with Gasteiger partial charge in [-0.15, -0.1) is 0 Å². The van der Waals surface area contributed by atoms with Crippen LogP contribution < -0.4 is 10.6 Å². The van der Waals surface area contributed by atoms with Crippen LogP contribution in [0.1, 0.15) is 61.1 Å². The molecule has 2 aromatic rings. The van der Waals surface area contributed by atoms with E-state index in [4.69, 9.17) is 4.52 Å². The third-order valence-electron chi connectivity index (χ3n) is 4.83. The van der Waals surface area contributed by atoms with Crippen molar-refractivity contribution in [2.45, 2.75) is 51.5 Å². The van der Waals surface area contributed by atoms with Gasteiger partial charge in [0.1, 0.15) is 0 Å². The van der Waals surface area contributed by atoms with Gasteiger partial charge in [-0.25, -0.2) is 0 Å². The molecule has 5 nitrogen and oxygen atoms in total. The van der Waals surface area contributed by atoms with E-state index < -0.39 is 0 Å². The van der Waals surface area contributed by atoms with Crippen LogP contribution >= 0.6 is 0 Å². The van der Waals surface area contributed by atoms with Crippen molar-refractivity contribution < 1.29 is 4.52 Å². The summed E-state index contributed by atoms with van der Waals surface area (Å²) in [4.78, 5) is 4.32. The lowest BCUT2D eigenvalue weighted by Crippen LogP contribution is -2.39. The SMILES string of the molecule is CN=C(NCc1cc(C(C)C)no1)NCC1CCCc2ccccc21. The van der Waals surface area contributed by atoms with Crippen LogP contribution in [0.2, 0.25) is 0 Å². The Morgan fingerprint density at radius 2 is 2.16 bits per heavy atom. The molecule has 1 aromatic heterocycles. The number of hydrogen-bond donors (Lipinski definition) is 2. The molecule has 0 fully saturated rings. The Bertz CT molecular complexity index is 720. The van der Waals surface area contributed by atoms with E-state index in [9.17, 15) is 0 Å². The number of benzene rings is 1. The maximum absolute atomic E-state index is 5.37. The summed E-state index contributed by atoms with van der Waals surface area (Å²) in [5.74, 6) is 2.54. The molecule has 0 aliphatic heterocycles. The minimum atomic E-state index is 0.376. The molecule has 5 heteroatoms. The molecule has 0 radical (unpaired) electrons. The smallest absolute Gasteiger partial charge is 0.191 e. The average Bonchev–Trinajstić information content (AvgIpc) is 3.11. The maximum Gasteiger partial charge on any atom is 0.191 e. The van der Waals surface area contributed by atoms with E-state index in [0.29, 0.717) is 18.4 Å². The summed E-state index contributed by atoms with van der Waals surface area (Å²) < 4.78 is 5.37. The van der Waals surface area contributed by atoms with Crippen molar-refractivity contribution in [3.8, 4) is 0 Å². The number of hydrogen-bond acceptors (Lipinski definition) is 3. The van der Waals surface area contributed by atoms with Gasteiger partial charge in [-0.05, 0) is 36.3 Å². The first-order valence-electron chi connectivity index (χ1n) is 9.15. The second kappa shape index (κ2) is 8.19. The number of nitrogens with zero attached hydrogens (tertiary/aromatic N) is 2. The zero-order valence-electron chi connectivity index (χ0n) is 15.4. The van der Waals surface area contributed by atoms with Gasteiger partial charge in [0.2, 0.25) is 0 Å². The Morgan fingerprint density at radius 1 is 1.32 bits per heavy atom. The maximum atomic E-state index is 5.37. The summed E-state index contributed by atoms with van der Waals surface area (Å²) in [5, 5.41) is 10.9. The van der Waals surface area contributed by atoms with Crippen LogP contribution in [0.3, 0.4) is 0 Å². The molecule has 0 saturated heterocycles. The molecule has 1 heterocycles. The number of fused-ring (bicyclic) bond motifs is 1. The molecule has 1 unspecified atom stereocenters. The lowest BCUT2D eigenvalue weighted by atomic mass is 9.83. The van der Waals surface area contributed by atoms with Crippen molar-refractivity contribution in [1.29, 1.82) is 0 Å². The second-order valence-electron chi connectivity index (χ2n) is 6.97. The molecule has 2 N–H and O–H groups in total. The van der Waals surface area contributed by atoms with E-state index in [1.165, 1.54) is 30.4 Å². The Balaban J connectivity index is 1.53. The Hall–Kier alpha value is -2.30. The van der Waals surface area contributed by atoms with Gasteiger partial charge in [0, 0.05) is 25.6 Å². The molecule has 1 aliphatic rings. The standard InChI is InChI=1S/C20H28N4O/c1-14(2)19-11-17(25-24-19)13-23-20(21-3)22-12-16-9-6-8-15-7-4-5-10-18(15)16/h4-5,7,10-11,14,16H,6,8-9,12-13H2,1-3H3,(H2,21,22,23). The van der Waals surface area contributed by atoms with Crippen molar-refractivity contribution in [1.82, 2.24) is 15.8 Å². The highest BCUT2D eigenvalue weighted by molar-refractivity contribution is 5.79. The number of aryl methyl sites for hydroxylation is 1. The van der Waals surface area contributed by atoms with E-state index in [1.807, 2.05) is 6.07 Å². The van der Waals surface area contributed by atoms with Gasteiger partial charge in [0.15, 0.2) is 11.7 Å². The first-order valence-corrected chi connectivity index (χ1v) is 9.15. The first-order chi connectivity index (χ1) is 12.2. The van der Waals surface area contributed by atoms with Gasteiger partial charge in [0.05, 0.1) is 12.2 Å². The summed E-state index contributed by atoms with van der Waals surface area (Å²) in [5.41, 5.74) is 3.96. The predicted octanol–water partition coefficient (Wildman–Crippen LogP) is 3.58. The molecule has 3 rings (SSSR count). The van der Waals surface area contributed by atoms with E-state index >= 15 is 0 Å². The molecule has 0 bridgehead atoms. The number of guanidine groups is 1. The number of aliphatic imine (C=N–C) groups is 1. The number of nitrogens with one attached hydrogen (secondary N) is 2. The van der Waals surface area contributed by atoms with E-state index in [1.54, 1.807) is 7.05 Å². The van der Waals surface area contributed by atoms with Gasteiger partial charge >= 0.3 is 0 Å². The van der Waals surface area contributed by atoms with Crippen LogP contribution in [-0.2, 0) is 13.0 Å². The fraction of sp³-hybridized carbons (Fsp3) is 0.500. The quantitative estimate of drug-likeness (QED) is 0.645. The highest BCUT2D eigenvalue weighted by Gasteiger charge is 2.19. The predicted molar refractivity (Wildman–Crippen MR) is 101 cm³/mol. The van der Waals surface area contributed by atoms with Crippen LogP contribution in [0.4, 0.5) is 0 Å². The zero-order valence-corrected chi connectivity index (χ0v) is 15.4. The van der Waals surface area contributed by atoms with E-state index in [0.717, 1.165) is 24.0 Å². The second-order valence-corrected chi connectivity index (χ2v) is 6.97. The third-order valence-corrected chi connectivity index (χ3v) is 4.83. The Morgan fingerprint density at radius 3 is 2.92 bits per heavy atom. The summed E-state index contributed by atoms with van der Waals surface area (Å²) in [6, 6.07) is 10.8. The molecule has 1 atom stereocenters. The molecule has 0 amide bonds. The molecule has 134 valence electrons. The van der Waals surface area contributed by atoms with E-state index in [-0.39, 0.29) is 0 Å².